The summed E-state index contributed by atoms with van der Waals surface area (Å²) in [6.07, 6.45) is 3.19. The van der Waals surface area contributed by atoms with E-state index in [1.54, 1.807) is 29.9 Å². The molecule has 1 aliphatic rings. The van der Waals surface area contributed by atoms with Crippen LogP contribution in [0.4, 0.5) is 4.39 Å². The Balaban J connectivity index is 1.65. The summed E-state index contributed by atoms with van der Waals surface area (Å²) < 4.78 is 21.7. The van der Waals surface area contributed by atoms with Crippen molar-refractivity contribution in [3.8, 4) is 22.8 Å². The van der Waals surface area contributed by atoms with Gasteiger partial charge >= 0.3 is 0 Å². The zero-order valence-electron chi connectivity index (χ0n) is 18.5. The number of carbonyl (C=O) groups is 1. The lowest BCUT2D eigenvalue weighted by Crippen LogP contribution is -2.48. The Hall–Kier alpha value is -2.87. The first-order chi connectivity index (χ1) is 15.5. The lowest BCUT2D eigenvalue weighted by molar-refractivity contribution is -0.134. The van der Waals surface area contributed by atoms with E-state index in [4.69, 9.17) is 4.74 Å². The topological polar surface area (TPSA) is 60.3 Å². The third-order valence-electron chi connectivity index (χ3n) is 5.88. The molecule has 1 amide bonds. The molecule has 0 unspecified atom stereocenters. The number of amides is 1. The number of hydrogen-bond donors (Lipinski definition) is 0. The minimum Gasteiger partial charge on any atom is -0.497 e. The van der Waals surface area contributed by atoms with Crippen molar-refractivity contribution in [2.24, 2.45) is 0 Å². The Morgan fingerprint density at radius 1 is 1.09 bits per heavy atom. The molecule has 2 atom stereocenters. The van der Waals surface area contributed by atoms with Gasteiger partial charge in [-0.15, -0.1) is 10.2 Å². The van der Waals surface area contributed by atoms with Crippen molar-refractivity contribution < 1.29 is 13.9 Å². The van der Waals surface area contributed by atoms with Crippen LogP contribution in [0.2, 0.25) is 0 Å². The molecular formula is C24H27FN4O2S. The van der Waals surface area contributed by atoms with Gasteiger partial charge in [0.25, 0.3) is 0 Å². The van der Waals surface area contributed by atoms with E-state index < -0.39 is 0 Å². The third-order valence-corrected chi connectivity index (χ3v) is 6.79. The first-order valence-electron chi connectivity index (χ1n) is 10.8. The number of methoxy groups -OCH3 is 1. The highest BCUT2D eigenvalue weighted by molar-refractivity contribution is 7.99. The Bertz CT molecular complexity index is 1080. The monoisotopic (exact) mass is 454 g/mol. The maximum atomic E-state index is 14.8. The number of likely N-dealkylation sites (tertiary alicyclic amines) is 1. The van der Waals surface area contributed by atoms with Gasteiger partial charge in [-0.05, 0) is 69.5 Å². The van der Waals surface area contributed by atoms with E-state index in [2.05, 4.69) is 24.0 Å². The molecule has 0 bridgehead atoms. The number of para-hydroxylation sites is 1. The summed E-state index contributed by atoms with van der Waals surface area (Å²) in [6.45, 7) is 4.20. The molecule has 1 aromatic heterocycles. The van der Waals surface area contributed by atoms with Crippen molar-refractivity contribution in [1.82, 2.24) is 19.7 Å². The van der Waals surface area contributed by atoms with Crippen molar-refractivity contribution in [2.45, 2.75) is 50.4 Å². The third kappa shape index (κ3) is 4.50. The minimum atomic E-state index is -0.381. The van der Waals surface area contributed by atoms with Crippen LogP contribution in [-0.4, -0.2) is 50.5 Å². The molecule has 3 aromatic rings. The van der Waals surface area contributed by atoms with E-state index in [1.165, 1.54) is 17.8 Å². The Kier molecular flexibility index (Phi) is 6.79. The number of aromatic nitrogens is 3. The standard InChI is InChI=1S/C24H27FN4O2S/c1-16-7-6-8-17(2)28(16)22(30)15-32-24-27-26-23(18-11-13-19(31-3)14-12-18)29(24)21-10-5-4-9-20(21)25/h4-5,9-14,16-17H,6-8,15H2,1-3H3/t16-,17-/m1/s1. The molecule has 1 aliphatic heterocycles. The van der Waals surface area contributed by atoms with Crippen LogP contribution < -0.4 is 4.74 Å². The molecule has 0 saturated carbocycles. The Morgan fingerprint density at radius 3 is 2.44 bits per heavy atom. The molecular weight excluding hydrogens is 427 g/mol. The van der Waals surface area contributed by atoms with Crippen molar-refractivity contribution in [3.05, 3.63) is 54.3 Å². The number of thioether (sulfide) groups is 1. The average molecular weight is 455 g/mol. The van der Waals surface area contributed by atoms with Gasteiger partial charge in [0, 0.05) is 17.6 Å². The molecule has 0 radical (unpaired) electrons. The summed E-state index contributed by atoms with van der Waals surface area (Å²) in [7, 11) is 1.60. The van der Waals surface area contributed by atoms with Gasteiger partial charge in [0.2, 0.25) is 5.91 Å². The molecule has 1 saturated heterocycles. The predicted molar refractivity (Wildman–Crippen MR) is 124 cm³/mol. The average Bonchev–Trinajstić information content (AvgIpc) is 3.21. The lowest BCUT2D eigenvalue weighted by Gasteiger charge is -2.39. The van der Waals surface area contributed by atoms with E-state index >= 15 is 0 Å². The van der Waals surface area contributed by atoms with Crippen molar-refractivity contribution in [1.29, 1.82) is 0 Å². The maximum Gasteiger partial charge on any atom is 0.233 e. The van der Waals surface area contributed by atoms with Gasteiger partial charge in [-0.1, -0.05) is 23.9 Å². The Morgan fingerprint density at radius 2 is 1.78 bits per heavy atom. The molecule has 8 heteroatoms. The van der Waals surface area contributed by atoms with Gasteiger partial charge in [0.1, 0.15) is 11.6 Å². The van der Waals surface area contributed by atoms with E-state index in [9.17, 15) is 9.18 Å². The molecule has 1 fully saturated rings. The van der Waals surface area contributed by atoms with Gasteiger partial charge in [-0.3, -0.25) is 9.36 Å². The van der Waals surface area contributed by atoms with Gasteiger partial charge in [0.05, 0.1) is 18.6 Å². The van der Waals surface area contributed by atoms with Crippen LogP contribution in [0.5, 0.6) is 5.75 Å². The summed E-state index contributed by atoms with van der Waals surface area (Å²) >= 11 is 1.29. The largest absolute Gasteiger partial charge is 0.497 e. The van der Waals surface area contributed by atoms with Gasteiger partial charge in [0.15, 0.2) is 11.0 Å². The SMILES string of the molecule is COc1ccc(-c2nnc(SCC(=O)N3[C@H](C)CCC[C@H]3C)n2-c2ccccc2F)cc1. The van der Waals surface area contributed by atoms with Crippen LogP contribution in [-0.2, 0) is 4.79 Å². The van der Waals surface area contributed by atoms with Crippen LogP contribution in [0.1, 0.15) is 33.1 Å². The Labute approximate surface area is 191 Å². The first kappa shape index (κ1) is 22.3. The number of carbonyl (C=O) groups excluding carboxylic acids is 1. The van der Waals surface area contributed by atoms with Crippen LogP contribution >= 0.6 is 11.8 Å². The fourth-order valence-electron chi connectivity index (χ4n) is 4.25. The zero-order valence-corrected chi connectivity index (χ0v) is 19.3. The van der Waals surface area contributed by atoms with Crippen molar-refractivity contribution in [2.75, 3.05) is 12.9 Å². The van der Waals surface area contributed by atoms with E-state index in [0.29, 0.717) is 16.7 Å². The number of piperidine rings is 1. The number of rotatable bonds is 6. The first-order valence-corrected chi connectivity index (χ1v) is 11.8. The minimum absolute atomic E-state index is 0.0729. The summed E-state index contributed by atoms with van der Waals surface area (Å²) in [5, 5.41) is 9.13. The lowest BCUT2D eigenvalue weighted by atomic mass is 9.98. The van der Waals surface area contributed by atoms with Gasteiger partial charge < -0.3 is 9.64 Å². The second kappa shape index (κ2) is 9.73. The number of ether oxygens (including phenoxy) is 1. The molecule has 168 valence electrons. The molecule has 2 heterocycles. The van der Waals surface area contributed by atoms with E-state index in [0.717, 1.165) is 30.6 Å². The summed E-state index contributed by atoms with van der Waals surface area (Å²) in [5.74, 6) is 1.14. The quantitative estimate of drug-likeness (QED) is 0.493. The second-order valence-corrected chi connectivity index (χ2v) is 8.98. The molecule has 32 heavy (non-hydrogen) atoms. The molecule has 4 rings (SSSR count). The smallest absolute Gasteiger partial charge is 0.233 e. The number of benzene rings is 2. The highest BCUT2D eigenvalue weighted by Crippen LogP contribution is 2.31. The van der Waals surface area contributed by atoms with Crippen molar-refractivity contribution in [3.63, 3.8) is 0 Å². The molecule has 2 aromatic carbocycles. The van der Waals surface area contributed by atoms with E-state index in [-0.39, 0.29) is 29.6 Å². The number of nitrogens with zero attached hydrogens (tertiary/aromatic N) is 4. The van der Waals surface area contributed by atoms with Crippen LogP contribution in [0.25, 0.3) is 17.1 Å². The number of halogens is 1. The fourth-order valence-corrected chi connectivity index (χ4v) is 5.07. The van der Waals surface area contributed by atoms with Crippen LogP contribution in [0.3, 0.4) is 0 Å². The maximum absolute atomic E-state index is 14.8. The molecule has 6 nitrogen and oxygen atoms in total. The van der Waals surface area contributed by atoms with Gasteiger partial charge in [-0.2, -0.15) is 0 Å². The highest BCUT2D eigenvalue weighted by atomic mass is 32.2. The van der Waals surface area contributed by atoms with Crippen molar-refractivity contribution >= 4 is 17.7 Å². The summed E-state index contributed by atoms with van der Waals surface area (Å²) in [5.41, 5.74) is 1.12. The second-order valence-electron chi connectivity index (χ2n) is 8.04. The normalized spacial score (nSPS) is 18.6. The molecule has 0 N–H and O–H groups in total. The molecule has 0 spiro atoms. The fraction of sp³-hybridized carbons (Fsp3) is 0.375. The zero-order chi connectivity index (χ0) is 22.7. The predicted octanol–water partition coefficient (Wildman–Crippen LogP) is 4.96. The van der Waals surface area contributed by atoms with Crippen LogP contribution in [0, 0.1) is 5.82 Å². The molecule has 0 aliphatic carbocycles. The van der Waals surface area contributed by atoms with Gasteiger partial charge in [-0.25, -0.2) is 4.39 Å². The summed E-state index contributed by atoms with van der Waals surface area (Å²) in [6, 6.07) is 14.3. The number of hydrogen-bond acceptors (Lipinski definition) is 5. The van der Waals surface area contributed by atoms with Crippen LogP contribution in [0.15, 0.2) is 53.7 Å². The van der Waals surface area contributed by atoms with E-state index in [1.807, 2.05) is 29.2 Å². The highest BCUT2D eigenvalue weighted by Gasteiger charge is 2.29. The summed E-state index contributed by atoms with van der Waals surface area (Å²) in [4.78, 5) is 15.0.